The van der Waals surface area contributed by atoms with Gasteiger partial charge in [0.2, 0.25) is 5.91 Å². The lowest BCUT2D eigenvalue weighted by Crippen LogP contribution is -2.33. The quantitative estimate of drug-likeness (QED) is 0.795. The van der Waals surface area contributed by atoms with Crippen LogP contribution in [0.25, 0.3) is 0 Å². The van der Waals surface area contributed by atoms with Crippen LogP contribution in [0, 0.1) is 10.8 Å². The van der Waals surface area contributed by atoms with E-state index in [0.717, 1.165) is 25.1 Å². The van der Waals surface area contributed by atoms with Gasteiger partial charge in [0.1, 0.15) is 0 Å². The molecule has 118 valence electrons. The summed E-state index contributed by atoms with van der Waals surface area (Å²) in [6, 6.07) is 6.03. The lowest BCUT2D eigenvalue weighted by atomic mass is 9.84. The molecule has 0 aliphatic carbocycles. The van der Waals surface area contributed by atoms with Crippen LogP contribution in [-0.4, -0.2) is 29.4 Å². The van der Waals surface area contributed by atoms with Crippen LogP contribution in [0.15, 0.2) is 24.4 Å². The summed E-state index contributed by atoms with van der Waals surface area (Å²) in [6.07, 6.45) is 4.36. The number of rotatable bonds is 6. The average molecular weight is 290 g/mol. The summed E-state index contributed by atoms with van der Waals surface area (Å²) in [6.45, 7) is 11.6. The summed E-state index contributed by atoms with van der Waals surface area (Å²) in [5, 5.41) is 0. The van der Waals surface area contributed by atoms with Crippen molar-refractivity contribution in [3.8, 4) is 0 Å². The first kappa shape index (κ1) is 17.7. The molecular formula is C18H30N2O. The van der Waals surface area contributed by atoms with Gasteiger partial charge in [-0.2, -0.15) is 0 Å². The Morgan fingerprint density at radius 2 is 1.86 bits per heavy atom. The van der Waals surface area contributed by atoms with E-state index in [1.165, 1.54) is 0 Å². The van der Waals surface area contributed by atoms with Crippen molar-refractivity contribution in [2.75, 3.05) is 13.6 Å². The van der Waals surface area contributed by atoms with Crippen LogP contribution in [0.1, 0.15) is 53.2 Å². The number of carbonyl (C=O) groups is 1. The number of aromatic nitrogens is 1. The fraction of sp³-hybridized carbons (Fsp3) is 0.667. The first-order valence-electron chi connectivity index (χ1n) is 7.73. The smallest absolute Gasteiger partial charge is 0.222 e. The van der Waals surface area contributed by atoms with Gasteiger partial charge in [-0.25, -0.2) is 0 Å². The second-order valence-corrected chi connectivity index (χ2v) is 7.96. The Labute approximate surface area is 129 Å². The number of hydrogen-bond acceptors (Lipinski definition) is 2. The molecule has 1 amide bonds. The summed E-state index contributed by atoms with van der Waals surface area (Å²) < 4.78 is 0. The molecule has 21 heavy (non-hydrogen) atoms. The zero-order valence-electron chi connectivity index (χ0n) is 14.4. The molecule has 1 aromatic rings. The molecule has 3 heteroatoms. The minimum Gasteiger partial charge on any atom is -0.346 e. The molecule has 0 saturated carbocycles. The van der Waals surface area contributed by atoms with Crippen LogP contribution in [0.5, 0.6) is 0 Å². The number of hydrogen-bond donors (Lipinski definition) is 0. The topological polar surface area (TPSA) is 33.2 Å². The highest BCUT2D eigenvalue weighted by Crippen LogP contribution is 2.26. The van der Waals surface area contributed by atoms with Gasteiger partial charge in [0.25, 0.3) is 0 Å². The molecular weight excluding hydrogens is 260 g/mol. The molecule has 0 radical (unpaired) electrons. The van der Waals surface area contributed by atoms with Crippen molar-refractivity contribution in [2.24, 2.45) is 10.8 Å². The molecule has 0 fully saturated rings. The Hall–Kier alpha value is -1.38. The van der Waals surface area contributed by atoms with Gasteiger partial charge < -0.3 is 4.90 Å². The van der Waals surface area contributed by atoms with Crippen molar-refractivity contribution in [1.29, 1.82) is 0 Å². The summed E-state index contributed by atoms with van der Waals surface area (Å²) in [5.41, 5.74) is 1.31. The molecule has 1 heterocycles. The lowest BCUT2D eigenvalue weighted by Gasteiger charge is -2.29. The van der Waals surface area contributed by atoms with Crippen molar-refractivity contribution >= 4 is 5.91 Å². The fourth-order valence-electron chi connectivity index (χ4n) is 2.27. The SMILES string of the molecule is CN(CCC(C)(C)Cc1ccccn1)C(=O)CC(C)(C)C. The third-order valence-electron chi connectivity index (χ3n) is 3.62. The van der Waals surface area contributed by atoms with Crippen LogP contribution in [-0.2, 0) is 11.2 Å². The first-order valence-corrected chi connectivity index (χ1v) is 7.73. The van der Waals surface area contributed by atoms with E-state index in [4.69, 9.17) is 0 Å². The molecule has 0 unspecified atom stereocenters. The van der Waals surface area contributed by atoms with Gasteiger partial charge in [-0.05, 0) is 35.8 Å². The second-order valence-electron chi connectivity index (χ2n) is 7.96. The Balaban J connectivity index is 2.47. The first-order chi connectivity index (χ1) is 9.59. The minimum atomic E-state index is 0.0504. The van der Waals surface area contributed by atoms with E-state index < -0.39 is 0 Å². The molecule has 0 N–H and O–H groups in total. The summed E-state index contributed by atoms with van der Waals surface area (Å²) >= 11 is 0. The zero-order chi connectivity index (χ0) is 16.1. The van der Waals surface area contributed by atoms with E-state index >= 15 is 0 Å². The van der Waals surface area contributed by atoms with Gasteiger partial charge in [-0.3, -0.25) is 9.78 Å². The monoisotopic (exact) mass is 290 g/mol. The largest absolute Gasteiger partial charge is 0.346 e. The van der Waals surface area contributed by atoms with E-state index in [1.54, 1.807) is 0 Å². The van der Waals surface area contributed by atoms with Crippen molar-refractivity contribution in [1.82, 2.24) is 9.88 Å². The van der Waals surface area contributed by atoms with Crippen molar-refractivity contribution < 1.29 is 4.79 Å². The summed E-state index contributed by atoms with van der Waals surface area (Å²) in [5.74, 6) is 0.233. The maximum Gasteiger partial charge on any atom is 0.222 e. The highest BCUT2D eigenvalue weighted by molar-refractivity contribution is 5.76. The Morgan fingerprint density at radius 1 is 1.19 bits per heavy atom. The predicted molar refractivity (Wildman–Crippen MR) is 88.0 cm³/mol. The van der Waals surface area contributed by atoms with Crippen LogP contribution >= 0.6 is 0 Å². The highest BCUT2D eigenvalue weighted by Gasteiger charge is 2.23. The van der Waals surface area contributed by atoms with Crippen molar-refractivity contribution in [3.63, 3.8) is 0 Å². The molecule has 3 nitrogen and oxygen atoms in total. The average Bonchev–Trinajstić information content (AvgIpc) is 2.34. The normalized spacial score (nSPS) is 12.3. The van der Waals surface area contributed by atoms with Gasteiger partial charge in [0, 0.05) is 31.9 Å². The van der Waals surface area contributed by atoms with Crippen LogP contribution in [0.2, 0.25) is 0 Å². The van der Waals surface area contributed by atoms with Crippen LogP contribution < -0.4 is 0 Å². The van der Waals surface area contributed by atoms with Gasteiger partial charge in [0.15, 0.2) is 0 Å². The van der Waals surface area contributed by atoms with Crippen LogP contribution in [0.4, 0.5) is 0 Å². The standard InChI is InChI=1S/C18H30N2O/c1-17(2,3)14-16(21)20(6)12-10-18(4,5)13-15-9-7-8-11-19-15/h7-9,11H,10,12-14H2,1-6H3. The maximum absolute atomic E-state index is 12.1. The molecule has 1 rings (SSSR count). The summed E-state index contributed by atoms with van der Waals surface area (Å²) in [7, 11) is 1.91. The number of amides is 1. The molecule has 0 aliphatic rings. The number of nitrogens with zero attached hydrogens (tertiary/aromatic N) is 2. The third kappa shape index (κ3) is 7.26. The molecule has 0 aliphatic heterocycles. The summed E-state index contributed by atoms with van der Waals surface area (Å²) in [4.78, 5) is 18.4. The minimum absolute atomic E-state index is 0.0504. The number of carbonyl (C=O) groups excluding carboxylic acids is 1. The third-order valence-corrected chi connectivity index (χ3v) is 3.62. The van der Waals surface area contributed by atoms with Gasteiger partial charge in [-0.1, -0.05) is 40.7 Å². The highest BCUT2D eigenvalue weighted by atomic mass is 16.2. The molecule has 1 aromatic heterocycles. The van der Waals surface area contributed by atoms with Gasteiger partial charge in [0.05, 0.1) is 0 Å². The Bertz CT molecular complexity index is 446. The molecule has 0 atom stereocenters. The van der Waals surface area contributed by atoms with Crippen molar-refractivity contribution in [3.05, 3.63) is 30.1 Å². The Kier molecular flexibility index (Phi) is 5.94. The zero-order valence-corrected chi connectivity index (χ0v) is 14.4. The van der Waals surface area contributed by atoms with Gasteiger partial charge in [-0.15, -0.1) is 0 Å². The van der Waals surface area contributed by atoms with E-state index in [9.17, 15) is 4.79 Å². The molecule has 0 aromatic carbocycles. The fourth-order valence-corrected chi connectivity index (χ4v) is 2.27. The van der Waals surface area contributed by atoms with E-state index in [1.807, 2.05) is 30.3 Å². The number of pyridine rings is 1. The van der Waals surface area contributed by atoms with E-state index in [2.05, 4.69) is 45.7 Å². The lowest BCUT2D eigenvalue weighted by molar-refractivity contribution is -0.132. The maximum atomic E-state index is 12.1. The van der Waals surface area contributed by atoms with E-state index in [0.29, 0.717) is 6.42 Å². The predicted octanol–water partition coefficient (Wildman–Crippen LogP) is 3.94. The molecule has 0 saturated heterocycles. The van der Waals surface area contributed by atoms with Gasteiger partial charge >= 0.3 is 0 Å². The van der Waals surface area contributed by atoms with Crippen LogP contribution in [0.3, 0.4) is 0 Å². The van der Waals surface area contributed by atoms with Crippen molar-refractivity contribution in [2.45, 2.75) is 53.9 Å². The molecule has 0 spiro atoms. The Morgan fingerprint density at radius 3 is 2.38 bits per heavy atom. The van der Waals surface area contributed by atoms with E-state index in [-0.39, 0.29) is 16.7 Å². The molecule has 0 bridgehead atoms. The second kappa shape index (κ2) is 7.06.